The molecule has 1 aromatic rings. The van der Waals surface area contributed by atoms with Crippen LogP contribution in [0.5, 0.6) is 6.01 Å². The molecule has 4 N–H and O–H groups in total. The van der Waals surface area contributed by atoms with E-state index in [9.17, 15) is 0 Å². The summed E-state index contributed by atoms with van der Waals surface area (Å²) >= 11 is 0. The van der Waals surface area contributed by atoms with E-state index in [4.69, 9.17) is 15.6 Å². The molecule has 7 nitrogen and oxygen atoms in total. The summed E-state index contributed by atoms with van der Waals surface area (Å²) in [5.74, 6) is 0.474. The third-order valence-electron chi connectivity index (χ3n) is 2.67. The average Bonchev–Trinajstić information content (AvgIpc) is 2.27. The molecule has 1 rings (SSSR count). The number of nitrogens with two attached hydrogens (primary N) is 1. The first-order chi connectivity index (χ1) is 8.86. The molecule has 1 heterocycles. The van der Waals surface area contributed by atoms with Crippen LogP contribution in [0.3, 0.4) is 0 Å². The fourth-order valence-electron chi connectivity index (χ4n) is 1.64. The van der Waals surface area contributed by atoms with Crippen molar-refractivity contribution in [3.05, 3.63) is 0 Å². The number of aromatic nitrogens is 3. The fraction of sp³-hybridized carbons (Fsp3) is 0.750. The third-order valence-corrected chi connectivity index (χ3v) is 2.67. The Morgan fingerprint density at radius 2 is 2.00 bits per heavy atom. The molecule has 0 amide bonds. The smallest absolute Gasteiger partial charge is 0.323 e. The molecule has 0 bridgehead atoms. The maximum Gasteiger partial charge on any atom is 0.323 e. The quantitative estimate of drug-likeness (QED) is 0.709. The zero-order valence-electron chi connectivity index (χ0n) is 12.0. The van der Waals surface area contributed by atoms with Gasteiger partial charge in [0.15, 0.2) is 0 Å². The molecule has 0 saturated carbocycles. The Labute approximate surface area is 113 Å². The zero-order valence-corrected chi connectivity index (χ0v) is 12.0. The highest BCUT2D eigenvalue weighted by Gasteiger charge is 2.25. The Morgan fingerprint density at radius 1 is 1.32 bits per heavy atom. The number of ether oxygens (including phenoxy) is 1. The predicted octanol–water partition coefficient (Wildman–Crippen LogP) is 1.06. The second-order valence-corrected chi connectivity index (χ2v) is 5.31. The van der Waals surface area contributed by atoms with E-state index in [0.717, 1.165) is 0 Å². The molecule has 0 spiro atoms. The van der Waals surface area contributed by atoms with E-state index in [1.165, 1.54) is 0 Å². The molecule has 1 unspecified atom stereocenters. The largest absolute Gasteiger partial charge is 0.464 e. The summed E-state index contributed by atoms with van der Waals surface area (Å²) in [6.07, 6.45) is 0.596. The van der Waals surface area contributed by atoms with Crippen LogP contribution >= 0.6 is 0 Å². The van der Waals surface area contributed by atoms with Crippen LogP contribution in [0, 0.1) is 5.41 Å². The summed E-state index contributed by atoms with van der Waals surface area (Å²) in [5, 5.41) is 12.3. The normalized spacial score (nSPS) is 13.1. The van der Waals surface area contributed by atoms with E-state index in [1.54, 1.807) is 0 Å². The van der Waals surface area contributed by atoms with Crippen molar-refractivity contribution in [2.45, 2.75) is 40.2 Å². The molecule has 0 aliphatic rings. The molecule has 1 aromatic heterocycles. The summed E-state index contributed by atoms with van der Waals surface area (Å²) in [7, 11) is 0. The monoisotopic (exact) mass is 269 g/mol. The van der Waals surface area contributed by atoms with Crippen LogP contribution in [-0.4, -0.2) is 39.3 Å². The average molecular weight is 269 g/mol. The first kappa shape index (κ1) is 15.4. The van der Waals surface area contributed by atoms with E-state index < -0.39 is 0 Å². The first-order valence-electron chi connectivity index (χ1n) is 6.38. The lowest BCUT2D eigenvalue weighted by Crippen LogP contribution is -2.35. The van der Waals surface area contributed by atoms with E-state index in [2.05, 4.69) is 41.0 Å². The van der Waals surface area contributed by atoms with Gasteiger partial charge in [0.1, 0.15) is 0 Å². The number of aliphatic hydroxyl groups is 1. The van der Waals surface area contributed by atoms with Gasteiger partial charge in [-0.25, -0.2) is 0 Å². The molecular weight excluding hydrogens is 246 g/mol. The van der Waals surface area contributed by atoms with Gasteiger partial charge in [0.2, 0.25) is 11.9 Å². The second kappa shape index (κ2) is 6.51. The summed E-state index contributed by atoms with van der Waals surface area (Å²) < 4.78 is 5.22. The number of hydrogen-bond donors (Lipinski definition) is 3. The number of nitrogen functional groups attached to an aromatic ring is 1. The third kappa shape index (κ3) is 4.86. The van der Waals surface area contributed by atoms with Gasteiger partial charge in [-0.3, -0.25) is 0 Å². The van der Waals surface area contributed by atoms with E-state index in [-0.39, 0.29) is 30.0 Å². The van der Waals surface area contributed by atoms with Crippen LogP contribution in [0.15, 0.2) is 0 Å². The number of aliphatic hydroxyl groups excluding tert-OH is 1. The Morgan fingerprint density at radius 3 is 2.53 bits per heavy atom. The van der Waals surface area contributed by atoms with Gasteiger partial charge in [0.25, 0.3) is 0 Å². The van der Waals surface area contributed by atoms with Gasteiger partial charge >= 0.3 is 6.01 Å². The van der Waals surface area contributed by atoms with Crippen molar-refractivity contribution in [2.24, 2.45) is 5.41 Å². The van der Waals surface area contributed by atoms with Crippen LogP contribution < -0.4 is 15.8 Å². The van der Waals surface area contributed by atoms with Crippen LogP contribution in [0.2, 0.25) is 0 Å². The molecule has 0 aliphatic heterocycles. The maximum absolute atomic E-state index is 9.13. The SMILES string of the molecule is CCOc1nc(N)nc(NC(CCO)C(C)(C)C)n1. The minimum Gasteiger partial charge on any atom is -0.464 e. The van der Waals surface area contributed by atoms with Gasteiger partial charge in [-0.05, 0) is 18.8 Å². The number of nitrogens with zero attached hydrogens (tertiary/aromatic N) is 3. The predicted molar refractivity (Wildman–Crippen MR) is 74.0 cm³/mol. The van der Waals surface area contributed by atoms with Gasteiger partial charge in [-0.2, -0.15) is 15.0 Å². The fourth-order valence-corrected chi connectivity index (χ4v) is 1.64. The first-order valence-corrected chi connectivity index (χ1v) is 6.38. The summed E-state index contributed by atoms with van der Waals surface area (Å²) in [5.41, 5.74) is 5.57. The molecule has 0 aliphatic carbocycles. The number of anilines is 2. The van der Waals surface area contributed by atoms with Crippen molar-refractivity contribution in [1.29, 1.82) is 0 Å². The molecule has 19 heavy (non-hydrogen) atoms. The van der Waals surface area contributed by atoms with Crippen LogP contribution in [0.25, 0.3) is 0 Å². The lowest BCUT2D eigenvalue weighted by Gasteiger charge is -2.31. The van der Waals surface area contributed by atoms with E-state index in [1.807, 2.05) is 6.92 Å². The molecular formula is C12H23N5O2. The highest BCUT2D eigenvalue weighted by atomic mass is 16.5. The minimum absolute atomic E-state index is 0.0220. The van der Waals surface area contributed by atoms with Gasteiger partial charge in [-0.15, -0.1) is 0 Å². The van der Waals surface area contributed by atoms with Crippen molar-refractivity contribution in [2.75, 3.05) is 24.3 Å². The van der Waals surface area contributed by atoms with Crippen LogP contribution in [0.4, 0.5) is 11.9 Å². The minimum atomic E-state index is -0.0457. The van der Waals surface area contributed by atoms with Gasteiger partial charge < -0.3 is 20.9 Å². The Kier molecular flexibility index (Phi) is 5.29. The number of hydrogen-bond acceptors (Lipinski definition) is 7. The molecule has 0 aromatic carbocycles. The van der Waals surface area contributed by atoms with Crippen LogP contribution in [-0.2, 0) is 0 Å². The van der Waals surface area contributed by atoms with E-state index in [0.29, 0.717) is 19.0 Å². The molecule has 1 atom stereocenters. The number of nitrogens with one attached hydrogen (secondary N) is 1. The lowest BCUT2D eigenvalue weighted by atomic mass is 9.85. The van der Waals surface area contributed by atoms with Crippen molar-refractivity contribution >= 4 is 11.9 Å². The molecule has 0 fully saturated rings. The molecule has 0 saturated heterocycles. The summed E-state index contributed by atoms with van der Waals surface area (Å²) in [6.45, 7) is 8.63. The van der Waals surface area contributed by atoms with Crippen molar-refractivity contribution in [3.8, 4) is 6.01 Å². The lowest BCUT2D eigenvalue weighted by molar-refractivity contribution is 0.234. The highest BCUT2D eigenvalue weighted by Crippen LogP contribution is 2.24. The topological polar surface area (TPSA) is 106 Å². The Hall–Kier alpha value is -1.63. The Balaban J connectivity index is 2.89. The van der Waals surface area contributed by atoms with Crippen LogP contribution in [0.1, 0.15) is 34.1 Å². The van der Waals surface area contributed by atoms with Crippen molar-refractivity contribution < 1.29 is 9.84 Å². The standard InChI is InChI=1S/C12H23N5O2/c1-5-19-11-16-9(13)15-10(17-11)14-8(6-7-18)12(2,3)4/h8,18H,5-7H2,1-4H3,(H3,13,14,15,16,17). The zero-order chi connectivity index (χ0) is 14.5. The van der Waals surface area contributed by atoms with Gasteiger partial charge in [0, 0.05) is 12.6 Å². The summed E-state index contributed by atoms with van der Waals surface area (Å²) in [6, 6.07) is 0.225. The maximum atomic E-state index is 9.13. The van der Waals surface area contributed by atoms with E-state index >= 15 is 0 Å². The van der Waals surface area contributed by atoms with Gasteiger partial charge in [0.05, 0.1) is 6.61 Å². The van der Waals surface area contributed by atoms with Crippen molar-refractivity contribution in [3.63, 3.8) is 0 Å². The molecule has 0 radical (unpaired) electrons. The summed E-state index contributed by atoms with van der Waals surface area (Å²) in [4.78, 5) is 12.1. The number of rotatable bonds is 6. The second-order valence-electron chi connectivity index (χ2n) is 5.31. The van der Waals surface area contributed by atoms with Crippen molar-refractivity contribution in [1.82, 2.24) is 15.0 Å². The molecule has 7 heteroatoms. The highest BCUT2D eigenvalue weighted by molar-refractivity contribution is 5.34. The van der Waals surface area contributed by atoms with Gasteiger partial charge in [-0.1, -0.05) is 20.8 Å². The Bertz CT molecular complexity index is 406. The molecule has 108 valence electrons.